The summed E-state index contributed by atoms with van der Waals surface area (Å²) in [5.41, 5.74) is 0.949. The standard InChI is InChI=1S/C18H18N2O4/c21-17(14-10-24-16(19-14)11-5-2-1-3-6-11)20-9-12-7-4-8-13(12)15(20)18(22)23/h1-3,5-6,10,12-13,15H,4,7-9H2,(H,22,23). The van der Waals surface area contributed by atoms with Crippen molar-refractivity contribution in [1.82, 2.24) is 9.88 Å². The van der Waals surface area contributed by atoms with Gasteiger partial charge in [-0.05, 0) is 36.8 Å². The molecule has 2 fully saturated rings. The zero-order valence-electron chi connectivity index (χ0n) is 13.1. The number of aliphatic carboxylic acids is 1. The summed E-state index contributed by atoms with van der Waals surface area (Å²) in [5.74, 6) is -0.569. The molecule has 2 aromatic rings. The number of carbonyl (C=O) groups excluding carboxylic acids is 1. The summed E-state index contributed by atoms with van der Waals surface area (Å²) in [6, 6.07) is 8.56. The average Bonchev–Trinajstić information content (AvgIpc) is 3.29. The van der Waals surface area contributed by atoms with Crippen LogP contribution >= 0.6 is 0 Å². The monoisotopic (exact) mass is 326 g/mol. The van der Waals surface area contributed by atoms with Gasteiger partial charge in [-0.15, -0.1) is 0 Å². The van der Waals surface area contributed by atoms with E-state index in [-0.39, 0.29) is 23.4 Å². The molecule has 3 atom stereocenters. The number of benzene rings is 1. The van der Waals surface area contributed by atoms with Crippen molar-refractivity contribution < 1.29 is 19.1 Å². The molecule has 1 aromatic heterocycles. The summed E-state index contributed by atoms with van der Waals surface area (Å²) in [6.07, 6.45) is 4.23. The zero-order valence-corrected chi connectivity index (χ0v) is 13.1. The van der Waals surface area contributed by atoms with Crippen LogP contribution in [0.3, 0.4) is 0 Å². The Kier molecular flexibility index (Phi) is 3.59. The summed E-state index contributed by atoms with van der Waals surface area (Å²) in [7, 11) is 0. The van der Waals surface area contributed by atoms with E-state index in [0.29, 0.717) is 12.4 Å². The maximum Gasteiger partial charge on any atom is 0.326 e. The molecule has 124 valence electrons. The Bertz CT molecular complexity index is 770. The summed E-state index contributed by atoms with van der Waals surface area (Å²) >= 11 is 0. The van der Waals surface area contributed by atoms with Gasteiger partial charge >= 0.3 is 5.97 Å². The lowest BCUT2D eigenvalue weighted by Crippen LogP contribution is -2.43. The van der Waals surface area contributed by atoms with E-state index < -0.39 is 12.0 Å². The van der Waals surface area contributed by atoms with E-state index in [4.69, 9.17) is 4.42 Å². The van der Waals surface area contributed by atoms with Crippen LogP contribution in [0.2, 0.25) is 0 Å². The molecule has 0 radical (unpaired) electrons. The number of fused-ring (bicyclic) bond motifs is 1. The Hall–Kier alpha value is -2.63. The molecule has 0 bridgehead atoms. The van der Waals surface area contributed by atoms with E-state index in [9.17, 15) is 14.7 Å². The molecule has 3 unspecified atom stereocenters. The Morgan fingerprint density at radius 3 is 2.75 bits per heavy atom. The van der Waals surface area contributed by atoms with Crippen molar-refractivity contribution >= 4 is 11.9 Å². The van der Waals surface area contributed by atoms with E-state index in [0.717, 1.165) is 24.8 Å². The van der Waals surface area contributed by atoms with Gasteiger partial charge in [0, 0.05) is 12.1 Å². The van der Waals surface area contributed by atoms with E-state index in [1.54, 1.807) is 0 Å². The summed E-state index contributed by atoms with van der Waals surface area (Å²) < 4.78 is 5.42. The van der Waals surface area contributed by atoms with Gasteiger partial charge in [-0.3, -0.25) is 4.79 Å². The first-order chi connectivity index (χ1) is 11.6. The van der Waals surface area contributed by atoms with Gasteiger partial charge in [0.15, 0.2) is 5.69 Å². The molecule has 6 nitrogen and oxygen atoms in total. The number of oxazole rings is 1. The second-order valence-corrected chi connectivity index (χ2v) is 6.50. The molecule has 6 heteroatoms. The first-order valence-corrected chi connectivity index (χ1v) is 8.20. The van der Waals surface area contributed by atoms with Crippen molar-refractivity contribution in [2.45, 2.75) is 25.3 Å². The molecule has 1 saturated carbocycles. The lowest BCUT2D eigenvalue weighted by molar-refractivity contribution is -0.142. The number of carboxylic acids is 1. The third-order valence-corrected chi connectivity index (χ3v) is 5.15. The number of rotatable bonds is 3. The largest absolute Gasteiger partial charge is 0.480 e. The fourth-order valence-corrected chi connectivity index (χ4v) is 4.06. The summed E-state index contributed by atoms with van der Waals surface area (Å²) in [5, 5.41) is 9.57. The molecule has 4 rings (SSSR count). The van der Waals surface area contributed by atoms with Gasteiger partial charge in [-0.2, -0.15) is 0 Å². The molecular weight excluding hydrogens is 308 g/mol. The highest BCUT2D eigenvalue weighted by Crippen LogP contribution is 2.42. The summed E-state index contributed by atoms with van der Waals surface area (Å²) in [6.45, 7) is 0.494. The topological polar surface area (TPSA) is 83.6 Å². The lowest BCUT2D eigenvalue weighted by atomic mass is 9.94. The number of amides is 1. The van der Waals surface area contributed by atoms with Crippen molar-refractivity contribution in [3.8, 4) is 11.5 Å². The molecule has 1 aliphatic carbocycles. The van der Waals surface area contributed by atoms with Gasteiger partial charge in [0.25, 0.3) is 5.91 Å². The molecule has 2 aliphatic rings. The minimum absolute atomic E-state index is 0.0620. The van der Waals surface area contributed by atoms with E-state index in [1.165, 1.54) is 11.2 Å². The Labute approximate surface area is 139 Å². The van der Waals surface area contributed by atoms with Crippen LogP contribution in [0.15, 0.2) is 41.0 Å². The van der Waals surface area contributed by atoms with Crippen molar-refractivity contribution in [3.63, 3.8) is 0 Å². The molecule has 1 amide bonds. The molecule has 24 heavy (non-hydrogen) atoms. The number of likely N-dealkylation sites (tertiary alicyclic amines) is 1. The second-order valence-electron chi connectivity index (χ2n) is 6.50. The van der Waals surface area contributed by atoms with E-state index in [2.05, 4.69) is 4.98 Å². The number of hydrogen-bond acceptors (Lipinski definition) is 4. The molecule has 1 N–H and O–H groups in total. The first kappa shape index (κ1) is 14.9. The molecule has 1 saturated heterocycles. The number of carboxylic acid groups (broad SMARTS) is 1. The average molecular weight is 326 g/mol. The fourth-order valence-electron chi connectivity index (χ4n) is 4.06. The van der Waals surface area contributed by atoms with Crippen LogP contribution in [0.5, 0.6) is 0 Å². The number of hydrogen-bond donors (Lipinski definition) is 1. The number of carbonyl (C=O) groups is 2. The fraction of sp³-hybridized carbons (Fsp3) is 0.389. The van der Waals surface area contributed by atoms with E-state index >= 15 is 0 Å². The minimum atomic E-state index is -0.926. The van der Waals surface area contributed by atoms with Crippen LogP contribution in [0.1, 0.15) is 29.8 Å². The van der Waals surface area contributed by atoms with Crippen LogP contribution in [0, 0.1) is 11.8 Å². The van der Waals surface area contributed by atoms with Gasteiger partial charge in [0.1, 0.15) is 12.3 Å². The van der Waals surface area contributed by atoms with Crippen LogP contribution < -0.4 is 0 Å². The van der Waals surface area contributed by atoms with Crippen molar-refractivity contribution in [3.05, 3.63) is 42.3 Å². The predicted octanol–water partition coefficient (Wildman–Crippen LogP) is 2.67. The Morgan fingerprint density at radius 2 is 2.00 bits per heavy atom. The minimum Gasteiger partial charge on any atom is -0.480 e. The molecule has 0 spiro atoms. The van der Waals surface area contributed by atoms with Gasteiger partial charge in [-0.1, -0.05) is 24.6 Å². The van der Waals surface area contributed by atoms with Crippen molar-refractivity contribution in [1.29, 1.82) is 0 Å². The lowest BCUT2D eigenvalue weighted by Gasteiger charge is -2.23. The highest BCUT2D eigenvalue weighted by atomic mass is 16.4. The summed E-state index contributed by atoms with van der Waals surface area (Å²) in [4.78, 5) is 30.2. The molecular formula is C18H18N2O4. The zero-order chi connectivity index (χ0) is 16.7. The Morgan fingerprint density at radius 1 is 1.21 bits per heavy atom. The smallest absolute Gasteiger partial charge is 0.326 e. The second kappa shape index (κ2) is 5.78. The SMILES string of the molecule is O=C(O)C1C2CCCC2CN1C(=O)c1coc(-c2ccccc2)n1. The van der Waals surface area contributed by atoms with Crippen molar-refractivity contribution in [2.24, 2.45) is 11.8 Å². The normalized spacial score (nSPS) is 25.7. The maximum absolute atomic E-state index is 12.8. The molecule has 1 aliphatic heterocycles. The van der Waals surface area contributed by atoms with Gasteiger partial charge in [0.05, 0.1) is 0 Å². The maximum atomic E-state index is 12.8. The third-order valence-electron chi connectivity index (χ3n) is 5.15. The first-order valence-electron chi connectivity index (χ1n) is 8.20. The number of aromatic nitrogens is 1. The Balaban J connectivity index is 1.60. The van der Waals surface area contributed by atoms with Crippen LogP contribution in [0.25, 0.3) is 11.5 Å². The predicted molar refractivity (Wildman–Crippen MR) is 85.2 cm³/mol. The van der Waals surface area contributed by atoms with E-state index in [1.807, 2.05) is 30.3 Å². The molecule has 2 heterocycles. The van der Waals surface area contributed by atoms with Crippen LogP contribution in [-0.2, 0) is 4.79 Å². The van der Waals surface area contributed by atoms with Gasteiger partial charge in [0.2, 0.25) is 5.89 Å². The highest BCUT2D eigenvalue weighted by Gasteiger charge is 2.50. The van der Waals surface area contributed by atoms with Crippen LogP contribution in [0.4, 0.5) is 0 Å². The molecule has 1 aromatic carbocycles. The highest BCUT2D eigenvalue weighted by molar-refractivity contribution is 5.95. The van der Waals surface area contributed by atoms with Gasteiger partial charge in [-0.25, -0.2) is 9.78 Å². The third kappa shape index (κ3) is 2.38. The van der Waals surface area contributed by atoms with Crippen molar-refractivity contribution in [2.75, 3.05) is 6.54 Å². The van der Waals surface area contributed by atoms with Crippen LogP contribution in [-0.4, -0.2) is 39.5 Å². The number of nitrogens with zero attached hydrogens (tertiary/aromatic N) is 2. The quantitative estimate of drug-likeness (QED) is 0.937. The van der Waals surface area contributed by atoms with Gasteiger partial charge < -0.3 is 14.4 Å².